The van der Waals surface area contributed by atoms with E-state index in [1.165, 1.54) is 6.20 Å². The number of pyridine rings is 1. The third kappa shape index (κ3) is 4.07. The predicted molar refractivity (Wildman–Crippen MR) is 76.6 cm³/mol. The van der Waals surface area contributed by atoms with Crippen LogP contribution in [0.5, 0.6) is 0 Å². The molecule has 0 aliphatic rings. The van der Waals surface area contributed by atoms with Crippen LogP contribution >= 0.6 is 12.2 Å². The molecule has 0 bridgehead atoms. The third-order valence-electron chi connectivity index (χ3n) is 2.75. The third-order valence-corrected chi connectivity index (χ3v) is 2.98. The summed E-state index contributed by atoms with van der Waals surface area (Å²) in [5.41, 5.74) is 6.53. The van der Waals surface area contributed by atoms with Gasteiger partial charge in [-0.05, 0) is 25.0 Å². The molecule has 1 aromatic heterocycles. The Kier molecular flexibility index (Phi) is 5.71. The summed E-state index contributed by atoms with van der Waals surface area (Å²) >= 11 is 4.83. The summed E-state index contributed by atoms with van der Waals surface area (Å²) in [4.78, 5) is 16.3. The van der Waals surface area contributed by atoms with E-state index in [-0.39, 0.29) is 16.9 Å². The highest BCUT2D eigenvalue weighted by molar-refractivity contribution is 7.80. The Morgan fingerprint density at radius 2 is 2.22 bits per heavy atom. The van der Waals surface area contributed by atoms with Crippen LogP contribution in [0.1, 0.15) is 49.2 Å². The van der Waals surface area contributed by atoms with E-state index in [1.54, 1.807) is 12.1 Å². The van der Waals surface area contributed by atoms with E-state index < -0.39 is 0 Å². The Morgan fingerprint density at radius 1 is 1.50 bits per heavy atom. The Morgan fingerprint density at radius 3 is 2.67 bits per heavy atom. The van der Waals surface area contributed by atoms with Gasteiger partial charge in [-0.1, -0.05) is 32.5 Å². The highest BCUT2D eigenvalue weighted by Crippen LogP contribution is 2.04. The van der Waals surface area contributed by atoms with Crippen LogP contribution in [0.3, 0.4) is 0 Å². The molecule has 98 valence electrons. The molecule has 0 saturated carbocycles. The molecule has 0 aromatic carbocycles. The molecule has 1 unspecified atom stereocenters. The van der Waals surface area contributed by atoms with Gasteiger partial charge >= 0.3 is 0 Å². The fraction of sp³-hybridized carbons (Fsp3) is 0.462. The van der Waals surface area contributed by atoms with E-state index in [4.69, 9.17) is 18.0 Å². The maximum absolute atomic E-state index is 11.9. The molecule has 1 heterocycles. The largest absolute Gasteiger partial charge is 0.389 e. The number of thiocarbonyl (C=S) groups is 1. The van der Waals surface area contributed by atoms with Crippen molar-refractivity contribution in [3.8, 4) is 0 Å². The molecular weight excluding hydrogens is 246 g/mol. The van der Waals surface area contributed by atoms with Crippen LogP contribution in [0.25, 0.3) is 0 Å². The van der Waals surface area contributed by atoms with E-state index >= 15 is 0 Å². The van der Waals surface area contributed by atoms with Crippen LogP contribution in [0, 0.1) is 0 Å². The minimum atomic E-state index is -0.148. The molecule has 1 amide bonds. The monoisotopic (exact) mass is 265 g/mol. The molecule has 1 atom stereocenters. The molecular formula is C13H19N3OS. The molecule has 0 aliphatic heterocycles. The van der Waals surface area contributed by atoms with Gasteiger partial charge in [-0.2, -0.15) is 0 Å². The number of aromatic nitrogens is 1. The number of nitrogens with two attached hydrogens (primary N) is 1. The van der Waals surface area contributed by atoms with Crippen LogP contribution in [0.2, 0.25) is 0 Å². The van der Waals surface area contributed by atoms with Crippen molar-refractivity contribution in [3.05, 3.63) is 29.6 Å². The Labute approximate surface area is 113 Å². The summed E-state index contributed by atoms with van der Waals surface area (Å²) in [6.07, 6.45) is 4.47. The standard InChI is InChI=1S/C13H19N3OS/c1-3-5-10(4-2)16-13(17)11-7-6-9(8-15-11)12(14)18/h6-8,10H,3-5H2,1-2H3,(H2,14,18)(H,16,17). The van der Waals surface area contributed by atoms with Crippen molar-refractivity contribution < 1.29 is 4.79 Å². The lowest BCUT2D eigenvalue weighted by atomic mass is 10.1. The van der Waals surface area contributed by atoms with Gasteiger partial charge in [-0.25, -0.2) is 0 Å². The van der Waals surface area contributed by atoms with Crippen LogP contribution in [0.4, 0.5) is 0 Å². The first-order chi connectivity index (χ1) is 8.58. The number of hydrogen-bond donors (Lipinski definition) is 2. The number of amides is 1. The summed E-state index contributed by atoms with van der Waals surface area (Å²) in [6, 6.07) is 3.56. The second-order valence-corrected chi connectivity index (χ2v) is 4.60. The average molecular weight is 265 g/mol. The lowest BCUT2D eigenvalue weighted by Gasteiger charge is -2.15. The molecule has 0 saturated heterocycles. The number of rotatable bonds is 6. The van der Waals surface area contributed by atoms with Crippen LogP contribution < -0.4 is 11.1 Å². The van der Waals surface area contributed by atoms with Crippen LogP contribution in [0.15, 0.2) is 18.3 Å². The Balaban J connectivity index is 2.69. The Bertz CT molecular complexity index is 417. The van der Waals surface area contributed by atoms with Crippen molar-refractivity contribution in [1.82, 2.24) is 10.3 Å². The van der Waals surface area contributed by atoms with Crippen molar-refractivity contribution in [2.75, 3.05) is 0 Å². The first-order valence-electron chi connectivity index (χ1n) is 6.15. The summed E-state index contributed by atoms with van der Waals surface area (Å²) in [5.74, 6) is -0.148. The second kappa shape index (κ2) is 7.06. The van der Waals surface area contributed by atoms with Gasteiger partial charge in [-0.3, -0.25) is 9.78 Å². The molecule has 3 N–H and O–H groups in total. The van der Waals surface area contributed by atoms with Crippen LogP contribution in [-0.4, -0.2) is 21.9 Å². The van der Waals surface area contributed by atoms with E-state index in [9.17, 15) is 4.79 Å². The van der Waals surface area contributed by atoms with Crippen LogP contribution in [-0.2, 0) is 0 Å². The SMILES string of the molecule is CCCC(CC)NC(=O)c1ccc(C(N)=S)cn1. The first-order valence-corrected chi connectivity index (χ1v) is 6.56. The fourth-order valence-corrected chi connectivity index (χ4v) is 1.78. The van der Waals surface area contributed by atoms with Gasteiger partial charge in [0.2, 0.25) is 0 Å². The van der Waals surface area contributed by atoms with Crippen molar-refractivity contribution in [1.29, 1.82) is 0 Å². The minimum absolute atomic E-state index is 0.148. The number of nitrogens with zero attached hydrogens (tertiary/aromatic N) is 1. The van der Waals surface area contributed by atoms with Gasteiger partial charge in [0.05, 0.1) is 0 Å². The number of nitrogens with one attached hydrogen (secondary N) is 1. The fourth-order valence-electron chi connectivity index (χ4n) is 1.66. The number of hydrogen-bond acceptors (Lipinski definition) is 3. The molecule has 18 heavy (non-hydrogen) atoms. The van der Waals surface area contributed by atoms with E-state index in [2.05, 4.69) is 24.1 Å². The summed E-state index contributed by atoms with van der Waals surface area (Å²) in [6.45, 7) is 4.16. The van der Waals surface area contributed by atoms with Gasteiger partial charge in [0, 0.05) is 17.8 Å². The number of carbonyl (C=O) groups is 1. The zero-order valence-electron chi connectivity index (χ0n) is 10.8. The molecule has 0 fully saturated rings. The van der Waals surface area contributed by atoms with Gasteiger partial charge in [0.1, 0.15) is 10.7 Å². The quantitative estimate of drug-likeness (QED) is 0.772. The highest BCUT2D eigenvalue weighted by atomic mass is 32.1. The lowest BCUT2D eigenvalue weighted by Crippen LogP contribution is -2.34. The lowest BCUT2D eigenvalue weighted by molar-refractivity contribution is 0.0928. The van der Waals surface area contributed by atoms with Crippen molar-refractivity contribution in [2.24, 2.45) is 5.73 Å². The number of carbonyl (C=O) groups excluding carboxylic acids is 1. The molecule has 5 heteroatoms. The zero-order chi connectivity index (χ0) is 13.5. The molecule has 1 rings (SSSR count). The molecule has 4 nitrogen and oxygen atoms in total. The maximum atomic E-state index is 11.9. The van der Waals surface area contributed by atoms with E-state index in [0.29, 0.717) is 11.3 Å². The van der Waals surface area contributed by atoms with Crippen molar-refractivity contribution in [3.63, 3.8) is 0 Å². The molecule has 1 aromatic rings. The van der Waals surface area contributed by atoms with Crippen molar-refractivity contribution in [2.45, 2.75) is 39.2 Å². The summed E-state index contributed by atoms with van der Waals surface area (Å²) in [5, 5.41) is 2.97. The average Bonchev–Trinajstić information content (AvgIpc) is 2.38. The summed E-state index contributed by atoms with van der Waals surface area (Å²) < 4.78 is 0. The van der Waals surface area contributed by atoms with E-state index in [1.807, 2.05) is 0 Å². The highest BCUT2D eigenvalue weighted by Gasteiger charge is 2.12. The second-order valence-electron chi connectivity index (χ2n) is 4.16. The minimum Gasteiger partial charge on any atom is -0.389 e. The topological polar surface area (TPSA) is 68.0 Å². The first kappa shape index (κ1) is 14.6. The molecule has 0 aliphatic carbocycles. The normalized spacial score (nSPS) is 11.9. The van der Waals surface area contributed by atoms with Crippen molar-refractivity contribution >= 4 is 23.1 Å². The molecule has 0 radical (unpaired) electrons. The summed E-state index contributed by atoms with van der Waals surface area (Å²) in [7, 11) is 0. The van der Waals surface area contributed by atoms with Gasteiger partial charge in [0.15, 0.2) is 0 Å². The maximum Gasteiger partial charge on any atom is 0.270 e. The predicted octanol–water partition coefficient (Wildman–Crippen LogP) is 2.02. The Hall–Kier alpha value is -1.49. The smallest absolute Gasteiger partial charge is 0.270 e. The molecule has 0 spiro atoms. The van der Waals surface area contributed by atoms with Gasteiger partial charge in [0.25, 0.3) is 5.91 Å². The zero-order valence-corrected chi connectivity index (χ0v) is 11.6. The van der Waals surface area contributed by atoms with E-state index in [0.717, 1.165) is 19.3 Å². The van der Waals surface area contributed by atoms with Gasteiger partial charge in [-0.15, -0.1) is 0 Å². The van der Waals surface area contributed by atoms with Gasteiger partial charge < -0.3 is 11.1 Å².